The van der Waals surface area contributed by atoms with Gasteiger partial charge in [0, 0.05) is 6.04 Å². The van der Waals surface area contributed by atoms with Gasteiger partial charge in [-0.05, 0) is 61.6 Å². The molecule has 0 bridgehead atoms. The Hall–Kier alpha value is -1.67. The Morgan fingerprint density at radius 1 is 1.00 bits per heavy atom. The largest absolute Gasteiger partial charge is 0.313 e. The van der Waals surface area contributed by atoms with Gasteiger partial charge in [0.15, 0.2) is 0 Å². The molecule has 1 unspecified atom stereocenters. The SMILES string of the molecule is CCCNC(Cc1ccc(F)cc1)Cc1ccccc1C. The number of halogens is 1. The molecule has 0 radical (unpaired) electrons. The summed E-state index contributed by atoms with van der Waals surface area (Å²) in [6.07, 6.45) is 3.05. The van der Waals surface area contributed by atoms with E-state index in [1.165, 1.54) is 16.7 Å². The molecule has 0 amide bonds. The lowest BCUT2D eigenvalue weighted by molar-refractivity contribution is 0.503. The molecule has 2 heteroatoms. The maximum atomic E-state index is 13.0. The maximum Gasteiger partial charge on any atom is 0.123 e. The van der Waals surface area contributed by atoms with Gasteiger partial charge in [-0.1, -0.05) is 43.3 Å². The molecule has 0 aliphatic heterocycles. The first-order chi connectivity index (χ1) is 10.2. The lowest BCUT2D eigenvalue weighted by Crippen LogP contribution is -2.34. The van der Waals surface area contributed by atoms with Gasteiger partial charge in [0.05, 0.1) is 0 Å². The Bertz CT molecular complexity index is 548. The van der Waals surface area contributed by atoms with Crippen molar-refractivity contribution >= 4 is 0 Å². The summed E-state index contributed by atoms with van der Waals surface area (Å²) in [6.45, 7) is 5.34. The number of hydrogen-bond donors (Lipinski definition) is 1. The van der Waals surface area contributed by atoms with Crippen LogP contribution < -0.4 is 5.32 Å². The fourth-order valence-corrected chi connectivity index (χ4v) is 2.57. The van der Waals surface area contributed by atoms with E-state index in [0.29, 0.717) is 6.04 Å². The van der Waals surface area contributed by atoms with Gasteiger partial charge in [0.2, 0.25) is 0 Å². The first-order valence-electron chi connectivity index (χ1n) is 7.71. The van der Waals surface area contributed by atoms with Gasteiger partial charge in [-0.15, -0.1) is 0 Å². The van der Waals surface area contributed by atoms with Crippen LogP contribution in [-0.4, -0.2) is 12.6 Å². The molecular weight excluding hydrogens is 261 g/mol. The third-order valence-electron chi connectivity index (χ3n) is 3.81. The number of aryl methyl sites for hydroxylation is 1. The molecule has 21 heavy (non-hydrogen) atoms. The Morgan fingerprint density at radius 3 is 2.38 bits per heavy atom. The standard InChI is InChI=1S/C19H24FN/c1-3-12-21-19(13-16-8-10-18(20)11-9-16)14-17-7-5-4-6-15(17)2/h4-11,19,21H,3,12-14H2,1-2H3. The van der Waals surface area contributed by atoms with E-state index in [-0.39, 0.29) is 5.82 Å². The third kappa shape index (κ3) is 4.98. The fraction of sp³-hybridized carbons (Fsp3) is 0.368. The van der Waals surface area contributed by atoms with Crippen LogP contribution in [0.2, 0.25) is 0 Å². The van der Waals surface area contributed by atoms with E-state index in [2.05, 4.69) is 43.4 Å². The minimum absolute atomic E-state index is 0.171. The van der Waals surface area contributed by atoms with Gasteiger partial charge in [0.25, 0.3) is 0 Å². The zero-order valence-corrected chi connectivity index (χ0v) is 12.9. The molecule has 0 aliphatic rings. The molecule has 0 heterocycles. The minimum Gasteiger partial charge on any atom is -0.313 e. The first kappa shape index (κ1) is 15.7. The van der Waals surface area contributed by atoms with Crippen molar-refractivity contribution in [1.29, 1.82) is 0 Å². The summed E-state index contributed by atoms with van der Waals surface area (Å²) >= 11 is 0. The van der Waals surface area contributed by atoms with Crippen LogP contribution in [0.3, 0.4) is 0 Å². The number of hydrogen-bond acceptors (Lipinski definition) is 1. The van der Waals surface area contributed by atoms with Crippen LogP contribution >= 0.6 is 0 Å². The van der Waals surface area contributed by atoms with Crippen molar-refractivity contribution in [3.63, 3.8) is 0 Å². The van der Waals surface area contributed by atoms with Crippen molar-refractivity contribution < 1.29 is 4.39 Å². The van der Waals surface area contributed by atoms with Gasteiger partial charge in [0.1, 0.15) is 5.82 Å². The molecule has 2 aromatic carbocycles. The van der Waals surface area contributed by atoms with Crippen LogP contribution in [0.15, 0.2) is 48.5 Å². The predicted molar refractivity (Wildman–Crippen MR) is 87.1 cm³/mol. The summed E-state index contributed by atoms with van der Waals surface area (Å²) in [4.78, 5) is 0. The van der Waals surface area contributed by atoms with E-state index >= 15 is 0 Å². The van der Waals surface area contributed by atoms with E-state index in [9.17, 15) is 4.39 Å². The second-order valence-electron chi connectivity index (χ2n) is 5.61. The summed E-state index contributed by atoms with van der Waals surface area (Å²) in [6, 6.07) is 15.8. The summed E-state index contributed by atoms with van der Waals surface area (Å²) in [5.41, 5.74) is 3.90. The second kappa shape index (κ2) is 7.94. The Morgan fingerprint density at radius 2 is 1.71 bits per heavy atom. The average molecular weight is 285 g/mol. The highest BCUT2D eigenvalue weighted by molar-refractivity contribution is 5.27. The topological polar surface area (TPSA) is 12.0 Å². The van der Waals surface area contributed by atoms with Crippen molar-refractivity contribution in [3.8, 4) is 0 Å². The molecule has 1 nitrogen and oxygen atoms in total. The third-order valence-corrected chi connectivity index (χ3v) is 3.81. The highest BCUT2D eigenvalue weighted by atomic mass is 19.1. The molecular formula is C19H24FN. The van der Waals surface area contributed by atoms with Gasteiger partial charge in [-0.3, -0.25) is 0 Å². The molecule has 0 spiro atoms. The van der Waals surface area contributed by atoms with Crippen molar-refractivity contribution in [3.05, 3.63) is 71.0 Å². The monoisotopic (exact) mass is 285 g/mol. The van der Waals surface area contributed by atoms with E-state index in [0.717, 1.165) is 25.8 Å². The van der Waals surface area contributed by atoms with Crippen LogP contribution in [0, 0.1) is 12.7 Å². The fourth-order valence-electron chi connectivity index (χ4n) is 2.57. The Kier molecular flexibility index (Phi) is 5.94. The first-order valence-corrected chi connectivity index (χ1v) is 7.71. The molecule has 0 aromatic heterocycles. The molecule has 2 rings (SSSR count). The van der Waals surface area contributed by atoms with Crippen molar-refractivity contribution in [2.24, 2.45) is 0 Å². The van der Waals surface area contributed by atoms with E-state index < -0.39 is 0 Å². The Balaban J connectivity index is 2.07. The van der Waals surface area contributed by atoms with Gasteiger partial charge in [-0.2, -0.15) is 0 Å². The highest BCUT2D eigenvalue weighted by Crippen LogP contribution is 2.13. The van der Waals surface area contributed by atoms with Crippen LogP contribution in [0.4, 0.5) is 4.39 Å². The van der Waals surface area contributed by atoms with E-state index in [4.69, 9.17) is 0 Å². The minimum atomic E-state index is -0.171. The van der Waals surface area contributed by atoms with Gasteiger partial charge >= 0.3 is 0 Å². The van der Waals surface area contributed by atoms with Crippen molar-refractivity contribution in [2.45, 2.75) is 39.2 Å². The summed E-state index contributed by atoms with van der Waals surface area (Å²) in [7, 11) is 0. The predicted octanol–water partition coefficient (Wildman–Crippen LogP) is 4.29. The Labute approximate surface area is 127 Å². The van der Waals surface area contributed by atoms with Crippen LogP contribution in [0.25, 0.3) is 0 Å². The van der Waals surface area contributed by atoms with E-state index in [1.54, 1.807) is 12.1 Å². The molecule has 0 fully saturated rings. The highest BCUT2D eigenvalue weighted by Gasteiger charge is 2.11. The van der Waals surface area contributed by atoms with Crippen molar-refractivity contribution in [1.82, 2.24) is 5.32 Å². The van der Waals surface area contributed by atoms with Gasteiger partial charge in [-0.25, -0.2) is 4.39 Å². The van der Waals surface area contributed by atoms with Crippen molar-refractivity contribution in [2.75, 3.05) is 6.54 Å². The summed E-state index contributed by atoms with van der Waals surface area (Å²) in [5.74, 6) is -0.171. The molecule has 1 atom stereocenters. The summed E-state index contributed by atoms with van der Waals surface area (Å²) < 4.78 is 13.0. The lowest BCUT2D eigenvalue weighted by Gasteiger charge is -2.20. The maximum absolute atomic E-state index is 13.0. The normalized spacial score (nSPS) is 12.3. The lowest BCUT2D eigenvalue weighted by atomic mass is 9.96. The number of benzene rings is 2. The van der Waals surface area contributed by atoms with Crippen LogP contribution in [-0.2, 0) is 12.8 Å². The smallest absolute Gasteiger partial charge is 0.123 e. The van der Waals surface area contributed by atoms with E-state index in [1.807, 2.05) is 12.1 Å². The molecule has 0 saturated carbocycles. The summed E-state index contributed by atoms with van der Waals surface area (Å²) in [5, 5.41) is 3.61. The molecule has 112 valence electrons. The van der Waals surface area contributed by atoms with Gasteiger partial charge < -0.3 is 5.32 Å². The number of rotatable bonds is 7. The molecule has 0 aliphatic carbocycles. The molecule has 2 aromatic rings. The average Bonchev–Trinajstić information content (AvgIpc) is 2.49. The zero-order chi connectivity index (χ0) is 15.1. The molecule has 0 saturated heterocycles. The quantitative estimate of drug-likeness (QED) is 0.800. The molecule has 1 N–H and O–H groups in total. The van der Waals surface area contributed by atoms with Crippen LogP contribution in [0.5, 0.6) is 0 Å². The van der Waals surface area contributed by atoms with Crippen LogP contribution in [0.1, 0.15) is 30.0 Å². The second-order valence-corrected chi connectivity index (χ2v) is 5.61. The number of nitrogens with one attached hydrogen (secondary N) is 1. The zero-order valence-electron chi connectivity index (χ0n) is 12.9.